The van der Waals surface area contributed by atoms with Gasteiger partial charge in [0, 0.05) is 43.7 Å². The van der Waals surface area contributed by atoms with E-state index >= 15 is 0 Å². The molecule has 2 heterocycles. The maximum atomic E-state index is 6.25. The van der Waals surface area contributed by atoms with Gasteiger partial charge in [-0.3, -0.25) is 4.98 Å². The molecule has 0 amide bonds. The fraction of sp³-hybridized carbons (Fsp3) is 0.0857. The van der Waals surface area contributed by atoms with Crippen LogP contribution in [0.25, 0.3) is 22.4 Å². The first-order valence-corrected chi connectivity index (χ1v) is 13.4. The second-order valence-electron chi connectivity index (χ2n) is 9.96. The van der Waals surface area contributed by atoms with Gasteiger partial charge in [-0.15, -0.1) is 0 Å². The zero-order valence-electron chi connectivity index (χ0n) is 23.2. The molecular formula is C35H30N4O2+2. The molecule has 41 heavy (non-hydrogen) atoms. The van der Waals surface area contributed by atoms with Crippen LogP contribution in [0.3, 0.4) is 0 Å². The summed E-state index contributed by atoms with van der Waals surface area (Å²) in [5.74, 6) is 3.06. The van der Waals surface area contributed by atoms with Gasteiger partial charge in [-0.1, -0.05) is 45.5 Å². The molecule has 200 valence electrons. The van der Waals surface area contributed by atoms with E-state index in [9.17, 15) is 0 Å². The van der Waals surface area contributed by atoms with E-state index in [0.29, 0.717) is 0 Å². The van der Waals surface area contributed by atoms with Crippen molar-refractivity contribution in [3.05, 3.63) is 128 Å². The Morgan fingerprint density at radius 1 is 0.634 bits per heavy atom. The van der Waals surface area contributed by atoms with Crippen molar-refractivity contribution in [2.75, 3.05) is 26.0 Å². The van der Waals surface area contributed by atoms with Gasteiger partial charge in [0.05, 0.1) is 11.8 Å². The van der Waals surface area contributed by atoms with E-state index in [-0.39, 0.29) is 0 Å². The van der Waals surface area contributed by atoms with Crippen LogP contribution in [-0.4, -0.2) is 41.3 Å². The van der Waals surface area contributed by atoms with Crippen LogP contribution >= 0.6 is 0 Å². The van der Waals surface area contributed by atoms with Crippen LogP contribution in [-0.2, 0) is 0 Å². The number of pyridine rings is 1. The minimum atomic E-state index is 0.738. The Morgan fingerprint density at radius 2 is 1.37 bits per heavy atom. The van der Waals surface area contributed by atoms with Gasteiger partial charge in [0.15, 0.2) is 7.05 Å². The van der Waals surface area contributed by atoms with Gasteiger partial charge in [0.2, 0.25) is 11.9 Å². The number of hydrogen-bond acceptors (Lipinski definition) is 4. The molecule has 1 aromatic heterocycles. The zero-order chi connectivity index (χ0) is 28.2. The number of anilines is 1. The maximum absolute atomic E-state index is 6.25. The molecule has 0 radical (unpaired) electrons. The molecule has 1 aliphatic rings. The van der Waals surface area contributed by atoms with E-state index in [1.165, 1.54) is 0 Å². The third-order valence-electron chi connectivity index (χ3n) is 6.65. The summed E-state index contributed by atoms with van der Waals surface area (Å²) in [5.41, 5.74) is 5.95. The minimum absolute atomic E-state index is 0.738. The number of ether oxygens (including phenoxy) is 2. The highest BCUT2D eigenvalue weighted by molar-refractivity contribution is 5.75. The first-order valence-electron chi connectivity index (χ1n) is 13.4. The molecule has 6 heteroatoms. The first-order chi connectivity index (χ1) is 20.0. The monoisotopic (exact) mass is 538 g/mol. The third-order valence-corrected chi connectivity index (χ3v) is 6.65. The molecule has 0 bridgehead atoms. The van der Waals surface area contributed by atoms with Crippen LogP contribution < -0.4 is 14.4 Å². The Hall–Kier alpha value is -5.45. The largest absolute Gasteiger partial charge is 0.495 e. The van der Waals surface area contributed by atoms with E-state index in [1.807, 2.05) is 140 Å². The molecule has 6 rings (SSSR count). The Bertz CT molecular complexity index is 1820. The van der Waals surface area contributed by atoms with Crippen molar-refractivity contribution in [3.8, 4) is 45.4 Å². The van der Waals surface area contributed by atoms with Gasteiger partial charge in [-0.05, 0) is 65.7 Å². The molecule has 1 aliphatic heterocycles. The standard InChI is InChI=1S/C35H30N4O2/c1-37(2)30-19-28(21-34(24-30)40-31-11-5-4-6-12-31)26-15-16-36-35(22-26)27-9-7-13-32(20-27)41-33-14-8-10-29(23-33)39-18-17-38(3)25-39/h4-24H,1-3H3/q+2. The van der Waals surface area contributed by atoms with Gasteiger partial charge in [0.1, 0.15) is 23.0 Å². The lowest BCUT2D eigenvalue weighted by Gasteiger charge is -2.17. The Labute approximate surface area is 240 Å². The quantitative estimate of drug-likeness (QED) is 0.188. The molecule has 0 aliphatic carbocycles. The van der Waals surface area contributed by atoms with Gasteiger partial charge < -0.3 is 14.4 Å². The summed E-state index contributed by atoms with van der Waals surface area (Å²) < 4.78 is 16.3. The van der Waals surface area contributed by atoms with Gasteiger partial charge in [0.25, 0.3) is 6.20 Å². The maximum Gasteiger partial charge on any atom is 0.495 e. The lowest BCUT2D eigenvalue weighted by molar-refractivity contribution is -0.429. The van der Waals surface area contributed by atoms with Crippen LogP contribution in [0.1, 0.15) is 0 Å². The summed E-state index contributed by atoms with van der Waals surface area (Å²) in [6.45, 7) is 0. The first kappa shape index (κ1) is 25.8. The molecular weight excluding hydrogens is 508 g/mol. The Kier molecular flexibility index (Phi) is 7.14. The highest BCUT2D eigenvalue weighted by Crippen LogP contribution is 2.34. The number of hydrogen-bond donors (Lipinski definition) is 0. The fourth-order valence-electron chi connectivity index (χ4n) is 4.56. The third kappa shape index (κ3) is 6.09. The highest BCUT2D eigenvalue weighted by atomic mass is 16.5. The number of para-hydroxylation sites is 1. The molecule has 0 saturated carbocycles. The second kappa shape index (κ2) is 11.3. The molecule has 0 unspecified atom stereocenters. The molecule has 0 fully saturated rings. The SMILES string of the molecule is CN(C)c1cc(Oc2ccccc2)cc(-c2ccnc(-c3cccc(Oc4cccc([N+]5=C=[N+](C)C=C5)c4)c3)c2)c1. The summed E-state index contributed by atoms with van der Waals surface area (Å²) in [6, 6.07) is 39.4. The van der Waals surface area contributed by atoms with Crippen LogP contribution in [0.15, 0.2) is 128 Å². The molecule has 0 spiro atoms. The van der Waals surface area contributed by atoms with E-state index in [0.717, 1.165) is 56.8 Å². The van der Waals surface area contributed by atoms with Crippen molar-refractivity contribution >= 4 is 17.4 Å². The lowest BCUT2D eigenvalue weighted by atomic mass is 10.0. The average molecular weight is 539 g/mol. The van der Waals surface area contributed by atoms with Crippen molar-refractivity contribution in [2.45, 2.75) is 0 Å². The average Bonchev–Trinajstić information content (AvgIpc) is 3.44. The summed E-state index contributed by atoms with van der Waals surface area (Å²) in [6.07, 6.45) is 5.75. The predicted molar refractivity (Wildman–Crippen MR) is 163 cm³/mol. The van der Waals surface area contributed by atoms with Crippen molar-refractivity contribution in [1.29, 1.82) is 0 Å². The number of rotatable bonds is 8. The van der Waals surface area contributed by atoms with E-state index in [1.54, 1.807) is 0 Å². The van der Waals surface area contributed by atoms with E-state index in [4.69, 9.17) is 9.47 Å². The van der Waals surface area contributed by atoms with Crippen LogP contribution in [0.4, 0.5) is 11.4 Å². The van der Waals surface area contributed by atoms with Crippen LogP contribution in [0.2, 0.25) is 0 Å². The topological polar surface area (TPSA) is 40.6 Å². The predicted octanol–water partition coefficient (Wildman–Crippen LogP) is 8.01. The van der Waals surface area contributed by atoms with E-state index < -0.39 is 0 Å². The molecule has 0 atom stereocenters. The number of nitrogens with zero attached hydrogens (tertiary/aromatic N) is 4. The number of aromatic nitrogens is 1. The normalized spacial score (nSPS) is 12.1. The smallest absolute Gasteiger partial charge is 0.457 e. The van der Waals surface area contributed by atoms with Gasteiger partial charge >= 0.3 is 6.01 Å². The van der Waals surface area contributed by atoms with Crippen LogP contribution in [0, 0.1) is 0 Å². The Balaban J connectivity index is 1.28. The van der Waals surface area contributed by atoms with Crippen molar-refractivity contribution < 1.29 is 18.6 Å². The zero-order valence-corrected chi connectivity index (χ0v) is 23.2. The molecule has 6 nitrogen and oxygen atoms in total. The molecule has 4 aromatic carbocycles. The van der Waals surface area contributed by atoms with Gasteiger partial charge in [-0.2, -0.15) is 0 Å². The van der Waals surface area contributed by atoms with Crippen molar-refractivity contribution in [3.63, 3.8) is 0 Å². The lowest BCUT2D eigenvalue weighted by Crippen LogP contribution is -2.08. The number of benzene rings is 4. The molecule has 0 N–H and O–H groups in total. The molecule has 5 aromatic rings. The van der Waals surface area contributed by atoms with Crippen molar-refractivity contribution in [1.82, 2.24) is 4.98 Å². The fourth-order valence-corrected chi connectivity index (χ4v) is 4.56. The molecule has 0 saturated heterocycles. The minimum Gasteiger partial charge on any atom is -0.457 e. The van der Waals surface area contributed by atoms with E-state index in [2.05, 4.69) is 34.1 Å². The summed E-state index contributed by atoms with van der Waals surface area (Å²) in [5, 5.41) is 0. The summed E-state index contributed by atoms with van der Waals surface area (Å²) in [7, 11) is 6.00. The highest BCUT2D eigenvalue weighted by Gasteiger charge is 2.17. The van der Waals surface area contributed by atoms with Gasteiger partial charge in [-0.25, -0.2) is 0 Å². The van der Waals surface area contributed by atoms with Crippen molar-refractivity contribution in [2.24, 2.45) is 0 Å². The Morgan fingerprint density at radius 3 is 2.15 bits per heavy atom. The summed E-state index contributed by atoms with van der Waals surface area (Å²) in [4.78, 5) is 6.76. The summed E-state index contributed by atoms with van der Waals surface area (Å²) >= 11 is 0. The second-order valence-corrected chi connectivity index (χ2v) is 9.96. The van der Waals surface area contributed by atoms with Crippen LogP contribution in [0.5, 0.6) is 23.0 Å².